The van der Waals surface area contributed by atoms with E-state index in [0.717, 1.165) is 11.6 Å². The molecule has 0 saturated carbocycles. The Morgan fingerprint density at radius 1 is 1.48 bits per heavy atom. The predicted octanol–water partition coefficient (Wildman–Crippen LogP) is 0.570. The van der Waals surface area contributed by atoms with Gasteiger partial charge >= 0.3 is 0 Å². The number of aromatic nitrogens is 3. The van der Waals surface area contributed by atoms with Crippen LogP contribution in [0.3, 0.4) is 0 Å². The van der Waals surface area contributed by atoms with Crippen molar-refractivity contribution in [2.24, 2.45) is 7.05 Å². The molecule has 3 rings (SSSR count). The van der Waals surface area contributed by atoms with Crippen molar-refractivity contribution in [2.45, 2.75) is 12.0 Å². The molecule has 0 unspecified atom stereocenters. The summed E-state index contributed by atoms with van der Waals surface area (Å²) in [7, 11) is 5.36. The van der Waals surface area contributed by atoms with Gasteiger partial charge in [-0.1, -0.05) is 0 Å². The van der Waals surface area contributed by atoms with E-state index >= 15 is 0 Å². The van der Waals surface area contributed by atoms with Gasteiger partial charge in [-0.25, -0.2) is 9.97 Å². The SMILES string of the molecule is CNc1cc(N2CC[C@](O)(CN(C)C(=O)c3cccn3C)C2)ncn1. The Kier molecular flexibility index (Phi) is 4.63. The highest BCUT2D eigenvalue weighted by Crippen LogP contribution is 2.27. The summed E-state index contributed by atoms with van der Waals surface area (Å²) in [5.74, 6) is 1.40. The number of nitrogens with zero attached hydrogens (tertiary/aromatic N) is 5. The van der Waals surface area contributed by atoms with Gasteiger partial charge in [-0.05, 0) is 18.6 Å². The molecule has 1 fully saturated rings. The van der Waals surface area contributed by atoms with Gasteiger partial charge in [-0.15, -0.1) is 0 Å². The fourth-order valence-corrected chi connectivity index (χ4v) is 3.23. The van der Waals surface area contributed by atoms with Crippen molar-refractivity contribution < 1.29 is 9.90 Å². The first-order valence-corrected chi connectivity index (χ1v) is 8.26. The van der Waals surface area contributed by atoms with E-state index in [9.17, 15) is 9.90 Å². The molecule has 2 aromatic rings. The number of β-amino-alcohol motifs (C(OH)–C–C–N with tert-alkyl or cyclic N) is 1. The lowest BCUT2D eigenvalue weighted by Gasteiger charge is -2.29. The first kappa shape index (κ1) is 17.2. The minimum absolute atomic E-state index is 0.0983. The molecule has 1 atom stereocenters. The number of likely N-dealkylation sites (N-methyl/N-ethyl adjacent to an activating group) is 1. The molecule has 134 valence electrons. The quantitative estimate of drug-likeness (QED) is 0.825. The van der Waals surface area contributed by atoms with Crippen LogP contribution in [-0.4, -0.2) is 69.8 Å². The molecule has 8 heteroatoms. The first-order valence-electron chi connectivity index (χ1n) is 8.26. The number of carbonyl (C=O) groups excluding carboxylic acids is 1. The van der Waals surface area contributed by atoms with E-state index in [1.807, 2.05) is 30.3 Å². The molecule has 3 heterocycles. The minimum atomic E-state index is -0.958. The molecule has 0 aromatic carbocycles. The van der Waals surface area contributed by atoms with Crippen molar-refractivity contribution >= 4 is 17.5 Å². The maximum absolute atomic E-state index is 12.5. The van der Waals surface area contributed by atoms with Gasteiger partial charge in [0.15, 0.2) is 0 Å². The van der Waals surface area contributed by atoms with E-state index in [1.165, 1.54) is 6.33 Å². The van der Waals surface area contributed by atoms with Crippen molar-refractivity contribution in [3.63, 3.8) is 0 Å². The third kappa shape index (κ3) is 3.58. The van der Waals surface area contributed by atoms with Crippen LogP contribution in [0.1, 0.15) is 16.9 Å². The van der Waals surface area contributed by atoms with Crippen molar-refractivity contribution in [3.8, 4) is 0 Å². The number of aryl methyl sites for hydroxylation is 1. The molecular weight excluding hydrogens is 320 g/mol. The normalized spacial score (nSPS) is 19.9. The molecule has 0 spiro atoms. The Hall–Kier alpha value is -2.61. The van der Waals surface area contributed by atoms with E-state index in [2.05, 4.69) is 15.3 Å². The van der Waals surface area contributed by atoms with Gasteiger partial charge < -0.3 is 24.8 Å². The van der Waals surface area contributed by atoms with Crippen LogP contribution >= 0.6 is 0 Å². The van der Waals surface area contributed by atoms with Crippen LogP contribution in [0.15, 0.2) is 30.7 Å². The van der Waals surface area contributed by atoms with Gasteiger partial charge in [0.1, 0.15) is 29.3 Å². The van der Waals surface area contributed by atoms with Crippen molar-refractivity contribution in [2.75, 3.05) is 43.9 Å². The number of hydrogen-bond donors (Lipinski definition) is 2. The summed E-state index contributed by atoms with van der Waals surface area (Å²) in [6.07, 6.45) is 3.92. The molecule has 1 aliphatic heterocycles. The average molecular weight is 344 g/mol. The topological polar surface area (TPSA) is 86.5 Å². The lowest BCUT2D eigenvalue weighted by atomic mass is 10.0. The highest BCUT2D eigenvalue weighted by molar-refractivity contribution is 5.92. The van der Waals surface area contributed by atoms with Crippen LogP contribution in [0.2, 0.25) is 0 Å². The van der Waals surface area contributed by atoms with Crippen molar-refractivity contribution in [1.29, 1.82) is 0 Å². The van der Waals surface area contributed by atoms with E-state index < -0.39 is 5.60 Å². The second-order valence-corrected chi connectivity index (χ2v) is 6.57. The zero-order valence-corrected chi connectivity index (χ0v) is 14.8. The van der Waals surface area contributed by atoms with Gasteiger partial charge in [0.05, 0.1) is 6.54 Å². The minimum Gasteiger partial charge on any atom is -0.386 e. The van der Waals surface area contributed by atoms with E-state index in [0.29, 0.717) is 25.2 Å². The van der Waals surface area contributed by atoms with Gasteiger partial charge in [-0.3, -0.25) is 4.79 Å². The summed E-state index contributed by atoms with van der Waals surface area (Å²) in [5.41, 5.74) is -0.351. The highest BCUT2D eigenvalue weighted by atomic mass is 16.3. The lowest BCUT2D eigenvalue weighted by molar-refractivity contribution is 0.0260. The molecule has 1 saturated heterocycles. The Labute approximate surface area is 147 Å². The Balaban J connectivity index is 1.67. The van der Waals surface area contributed by atoms with Crippen molar-refractivity contribution in [1.82, 2.24) is 19.4 Å². The van der Waals surface area contributed by atoms with Gasteiger partial charge in [0.25, 0.3) is 5.91 Å². The Bertz CT molecular complexity index is 761. The molecule has 1 aliphatic rings. The first-order chi connectivity index (χ1) is 11.9. The largest absolute Gasteiger partial charge is 0.386 e. The summed E-state index contributed by atoms with van der Waals surface area (Å²) < 4.78 is 1.78. The number of aliphatic hydroxyl groups is 1. The number of carbonyl (C=O) groups is 1. The zero-order valence-electron chi connectivity index (χ0n) is 14.8. The van der Waals surface area contributed by atoms with E-state index in [1.54, 1.807) is 29.6 Å². The number of nitrogens with one attached hydrogen (secondary N) is 1. The van der Waals surface area contributed by atoms with Crippen LogP contribution in [-0.2, 0) is 7.05 Å². The highest BCUT2D eigenvalue weighted by Gasteiger charge is 2.38. The van der Waals surface area contributed by atoms with Crippen LogP contribution < -0.4 is 10.2 Å². The summed E-state index contributed by atoms with van der Waals surface area (Å²) in [6, 6.07) is 5.47. The summed E-state index contributed by atoms with van der Waals surface area (Å²) in [4.78, 5) is 24.5. The van der Waals surface area contributed by atoms with Crippen LogP contribution in [0.4, 0.5) is 11.6 Å². The number of rotatable bonds is 5. The standard InChI is InChI=1S/C17H24N6O2/c1-18-14-9-15(20-12-19-14)23-8-6-17(25,11-23)10-22(3)16(24)13-5-4-7-21(13)2/h4-5,7,9,12,25H,6,8,10-11H2,1-3H3,(H,18,19,20)/t17-/m0/s1. The van der Waals surface area contributed by atoms with E-state index in [4.69, 9.17) is 0 Å². The number of hydrogen-bond acceptors (Lipinski definition) is 6. The third-order valence-corrected chi connectivity index (χ3v) is 4.61. The summed E-state index contributed by atoms with van der Waals surface area (Å²) in [6.45, 7) is 1.39. The van der Waals surface area contributed by atoms with Gasteiger partial charge in [0.2, 0.25) is 0 Å². The maximum Gasteiger partial charge on any atom is 0.270 e. The fraction of sp³-hybridized carbons (Fsp3) is 0.471. The molecule has 2 N–H and O–H groups in total. The molecule has 8 nitrogen and oxygen atoms in total. The summed E-state index contributed by atoms with van der Waals surface area (Å²) >= 11 is 0. The molecule has 0 aliphatic carbocycles. The van der Waals surface area contributed by atoms with Crippen LogP contribution in [0, 0.1) is 0 Å². The lowest BCUT2D eigenvalue weighted by Crippen LogP contribution is -2.46. The average Bonchev–Trinajstić information content (AvgIpc) is 3.20. The number of anilines is 2. The fourth-order valence-electron chi connectivity index (χ4n) is 3.23. The zero-order chi connectivity index (χ0) is 18.0. The molecule has 25 heavy (non-hydrogen) atoms. The summed E-state index contributed by atoms with van der Waals surface area (Å²) in [5, 5.41) is 13.9. The second kappa shape index (κ2) is 6.72. The number of amides is 1. The van der Waals surface area contributed by atoms with Gasteiger partial charge in [-0.2, -0.15) is 0 Å². The Morgan fingerprint density at radius 2 is 2.28 bits per heavy atom. The Morgan fingerprint density at radius 3 is 2.96 bits per heavy atom. The van der Waals surface area contributed by atoms with Crippen molar-refractivity contribution in [3.05, 3.63) is 36.4 Å². The monoisotopic (exact) mass is 344 g/mol. The van der Waals surface area contributed by atoms with Crippen LogP contribution in [0.5, 0.6) is 0 Å². The smallest absolute Gasteiger partial charge is 0.270 e. The molecule has 2 aromatic heterocycles. The van der Waals surface area contributed by atoms with Crippen LogP contribution in [0.25, 0.3) is 0 Å². The predicted molar refractivity (Wildman–Crippen MR) is 95.7 cm³/mol. The molecular formula is C17H24N6O2. The molecule has 0 bridgehead atoms. The maximum atomic E-state index is 12.5. The second-order valence-electron chi connectivity index (χ2n) is 6.57. The van der Waals surface area contributed by atoms with E-state index in [-0.39, 0.29) is 12.5 Å². The molecule has 0 radical (unpaired) electrons. The van der Waals surface area contributed by atoms with Gasteiger partial charge in [0, 0.05) is 46.5 Å². The third-order valence-electron chi connectivity index (χ3n) is 4.61. The molecule has 1 amide bonds.